The van der Waals surface area contributed by atoms with Crippen LogP contribution in [-0.2, 0) is 28.9 Å². The molecule has 0 aromatic rings. The molecule has 0 aliphatic carbocycles. The standard InChI is InChI=1S/C62H121NO11S/c1-3-5-7-9-11-13-15-17-19-21-22-23-24-25-26-27-28-29-30-31-32-33-34-35-36-38-40-42-44-46-48-50-52-58(66)63-55(54-72-62-60(68)61(74-75(69,70)71)59(67)57(53-64)73-62)56(65)51-49-47-45-43-41-39-37-20-18-16-14-12-10-8-6-4-2/h49,51,55-57,59-62,64-65,67-68H,3-48,50,52-54H2,1-2H3,(H,63,66)(H,69,70,71)/b51-49+. The van der Waals surface area contributed by atoms with Crippen molar-refractivity contribution in [2.45, 2.75) is 365 Å². The zero-order chi connectivity index (χ0) is 54.7. The highest BCUT2D eigenvalue weighted by Crippen LogP contribution is 2.26. The van der Waals surface area contributed by atoms with Crippen LogP contribution in [0, 0.1) is 0 Å². The monoisotopic (exact) mass is 1090 g/mol. The number of carbonyl (C=O) groups excluding carboxylic acids is 1. The van der Waals surface area contributed by atoms with E-state index in [1.807, 2.05) is 6.08 Å². The fourth-order valence-corrected chi connectivity index (χ4v) is 11.1. The smallest absolute Gasteiger partial charge is 0.394 e. The van der Waals surface area contributed by atoms with E-state index >= 15 is 0 Å². The maximum absolute atomic E-state index is 13.2. The second-order valence-electron chi connectivity index (χ2n) is 22.7. The van der Waals surface area contributed by atoms with Crippen LogP contribution in [0.1, 0.15) is 322 Å². The average Bonchev–Trinajstić information content (AvgIpc) is 3.39. The second kappa shape index (κ2) is 52.2. The van der Waals surface area contributed by atoms with Gasteiger partial charge in [0.1, 0.15) is 24.4 Å². The van der Waals surface area contributed by atoms with Crippen molar-refractivity contribution in [3.63, 3.8) is 0 Å². The fraction of sp³-hybridized carbons (Fsp3) is 0.952. The minimum atomic E-state index is -5.09. The number of aliphatic hydroxyl groups is 4. The highest BCUT2D eigenvalue weighted by atomic mass is 32.3. The van der Waals surface area contributed by atoms with E-state index in [1.165, 1.54) is 257 Å². The zero-order valence-corrected chi connectivity index (χ0v) is 49.5. The molecule has 7 unspecified atom stereocenters. The third-order valence-corrected chi connectivity index (χ3v) is 16.0. The number of hydrogen-bond acceptors (Lipinski definition) is 10. The predicted molar refractivity (Wildman–Crippen MR) is 310 cm³/mol. The van der Waals surface area contributed by atoms with Crippen LogP contribution >= 0.6 is 0 Å². The van der Waals surface area contributed by atoms with Gasteiger partial charge in [0.25, 0.3) is 0 Å². The van der Waals surface area contributed by atoms with Gasteiger partial charge in [-0.1, -0.05) is 309 Å². The summed E-state index contributed by atoms with van der Waals surface area (Å²) in [7, 11) is -5.09. The number of unbranched alkanes of at least 4 members (excludes halogenated alkanes) is 45. The normalized spacial score (nSPS) is 19.1. The Bertz CT molecular complexity index is 1370. The Morgan fingerprint density at radius 1 is 0.520 bits per heavy atom. The van der Waals surface area contributed by atoms with Crippen molar-refractivity contribution < 1.29 is 51.8 Å². The molecule has 12 nitrogen and oxygen atoms in total. The molecule has 1 fully saturated rings. The van der Waals surface area contributed by atoms with Crippen molar-refractivity contribution in [3.05, 3.63) is 12.2 Å². The molecule has 0 spiro atoms. The summed E-state index contributed by atoms with van der Waals surface area (Å²) in [6, 6.07) is -0.940. The summed E-state index contributed by atoms with van der Waals surface area (Å²) in [5.41, 5.74) is 0. The van der Waals surface area contributed by atoms with Crippen LogP contribution in [0.25, 0.3) is 0 Å². The molecule has 0 radical (unpaired) electrons. The summed E-state index contributed by atoms with van der Waals surface area (Å²) >= 11 is 0. The third-order valence-electron chi connectivity index (χ3n) is 15.6. The van der Waals surface area contributed by atoms with Crippen LogP contribution in [0.5, 0.6) is 0 Å². The van der Waals surface area contributed by atoms with Gasteiger partial charge in [-0.05, 0) is 19.3 Å². The van der Waals surface area contributed by atoms with Crippen molar-refractivity contribution in [2.75, 3.05) is 13.2 Å². The quantitative estimate of drug-likeness (QED) is 0.0193. The van der Waals surface area contributed by atoms with Gasteiger partial charge in [0.05, 0.1) is 25.4 Å². The lowest BCUT2D eigenvalue weighted by atomic mass is 9.99. The minimum Gasteiger partial charge on any atom is -0.394 e. The molecule has 1 amide bonds. The number of ether oxygens (including phenoxy) is 2. The molecule has 1 heterocycles. The molecule has 0 bridgehead atoms. The zero-order valence-electron chi connectivity index (χ0n) is 48.6. The van der Waals surface area contributed by atoms with Crippen LogP contribution in [0.2, 0.25) is 0 Å². The Morgan fingerprint density at radius 2 is 0.840 bits per heavy atom. The molecular formula is C62H121NO11S. The SMILES string of the molecule is CCCCCCCCCCCCCCCC/C=C/C(O)C(COC1OC(CO)C(O)C(OS(=O)(=O)O)C1O)NC(=O)CCCCCCCCCCCCCCCCCCCCCCCCCCCCCCCCCC. The molecule has 13 heteroatoms. The van der Waals surface area contributed by atoms with E-state index in [0.717, 1.165) is 38.5 Å². The molecule has 0 aromatic carbocycles. The summed E-state index contributed by atoms with van der Waals surface area (Å²) in [4.78, 5) is 13.2. The first-order chi connectivity index (χ1) is 36.5. The number of rotatable bonds is 57. The Labute approximate surface area is 461 Å². The van der Waals surface area contributed by atoms with Gasteiger partial charge in [0, 0.05) is 6.42 Å². The number of hydrogen-bond donors (Lipinski definition) is 6. The van der Waals surface area contributed by atoms with E-state index in [1.54, 1.807) is 6.08 Å². The summed E-state index contributed by atoms with van der Waals surface area (Å²) in [6.07, 6.45) is 55.7. The summed E-state index contributed by atoms with van der Waals surface area (Å²) in [5.74, 6) is -0.255. The van der Waals surface area contributed by atoms with Gasteiger partial charge in [0.15, 0.2) is 6.29 Å². The highest BCUT2D eigenvalue weighted by molar-refractivity contribution is 7.80. The van der Waals surface area contributed by atoms with Gasteiger partial charge < -0.3 is 35.2 Å². The lowest BCUT2D eigenvalue weighted by Gasteiger charge is -2.41. The van der Waals surface area contributed by atoms with Gasteiger partial charge in [-0.2, -0.15) is 8.42 Å². The molecule has 75 heavy (non-hydrogen) atoms. The molecule has 1 rings (SSSR count). The van der Waals surface area contributed by atoms with Crippen LogP contribution in [0.15, 0.2) is 12.2 Å². The van der Waals surface area contributed by atoms with Crippen molar-refractivity contribution in [1.82, 2.24) is 5.32 Å². The Kier molecular flexibility index (Phi) is 50.0. The maximum atomic E-state index is 13.2. The first-order valence-corrected chi connectivity index (χ1v) is 33.4. The highest BCUT2D eigenvalue weighted by Gasteiger charge is 2.48. The second-order valence-corrected chi connectivity index (χ2v) is 23.8. The number of nitrogens with one attached hydrogen (secondary N) is 1. The van der Waals surface area contributed by atoms with E-state index < -0.39 is 59.9 Å². The topological polar surface area (TPSA) is 192 Å². The molecule has 446 valence electrons. The molecule has 0 saturated carbocycles. The van der Waals surface area contributed by atoms with E-state index in [-0.39, 0.29) is 18.9 Å². The number of amides is 1. The number of allylic oxidation sites excluding steroid dienone is 1. The van der Waals surface area contributed by atoms with E-state index in [9.17, 15) is 38.2 Å². The average molecular weight is 1090 g/mol. The molecule has 0 aromatic heterocycles. The molecule has 7 atom stereocenters. The minimum absolute atomic E-state index is 0.255. The van der Waals surface area contributed by atoms with Gasteiger partial charge in [0.2, 0.25) is 5.91 Å². The number of aliphatic hydroxyl groups excluding tert-OH is 4. The first kappa shape index (κ1) is 71.9. The van der Waals surface area contributed by atoms with Crippen LogP contribution in [0.3, 0.4) is 0 Å². The Balaban J connectivity index is 2.22. The van der Waals surface area contributed by atoms with Gasteiger partial charge in [-0.15, -0.1) is 0 Å². The van der Waals surface area contributed by atoms with E-state index in [4.69, 9.17) is 9.47 Å². The Morgan fingerprint density at radius 3 is 1.16 bits per heavy atom. The van der Waals surface area contributed by atoms with Gasteiger partial charge in [-0.3, -0.25) is 9.35 Å². The van der Waals surface area contributed by atoms with Crippen molar-refractivity contribution in [1.29, 1.82) is 0 Å². The van der Waals surface area contributed by atoms with E-state index in [0.29, 0.717) is 6.42 Å². The largest absolute Gasteiger partial charge is 0.397 e. The summed E-state index contributed by atoms with van der Waals surface area (Å²) < 4.78 is 47.9. The molecule has 1 aliphatic heterocycles. The predicted octanol–water partition coefficient (Wildman–Crippen LogP) is 15.8. The molecular weight excluding hydrogens is 967 g/mol. The fourth-order valence-electron chi connectivity index (χ4n) is 10.6. The number of carbonyl (C=O) groups is 1. The van der Waals surface area contributed by atoms with Crippen LogP contribution < -0.4 is 5.32 Å². The Hall–Kier alpha value is -1.16. The van der Waals surface area contributed by atoms with Crippen LogP contribution in [-0.4, -0.2) is 95.4 Å². The van der Waals surface area contributed by atoms with Gasteiger partial charge >= 0.3 is 10.4 Å². The lowest BCUT2D eigenvalue weighted by molar-refractivity contribution is -0.298. The summed E-state index contributed by atoms with van der Waals surface area (Å²) in [6.45, 7) is 3.44. The van der Waals surface area contributed by atoms with E-state index in [2.05, 4.69) is 23.3 Å². The lowest BCUT2D eigenvalue weighted by Crippen LogP contribution is -2.61. The van der Waals surface area contributed by atoms with Crippen LogP contribution in [0.4, 0.5) is 0 Å². The van der Waals surface area contributed by atoms with Gasteiger partial charge in [-0.25, -0.2) is 4.18 Å². The van der Waals surface area contributed by atoms with Crippen molar-refractivity contribution in [2.24, 2.45) is 0 Å². The first-order valence-electron chi connectivity index (χ1n) is 32.1. The maximum Gasteiger partial charge on any atom is 0.397 e. The third kappa shape index (κ3) is 44.3. The molecule has 6 N–H and O–H groups in total. The molecule has 1 saturated heterocycles. The molecule has 1 aliphatic rings. The van der Waals surface area contributed by atoms with Crippen molar-refractivity contribution >= 4 is 16.3 Å². The van der Waals surface area contributed by atoms with Crippen molar-refractivity contribution in [3.8, 4) is 0 Å². The summed E-state index contributed by atoms with van der Waals surface area (Å²) in [5, 5.41) is 45.0.